The summed E-state index contributed by atoms with van der Waals surface area (Å²) in [6.07, 6.45) is 4.11. The first-order valence-corrected chi connectivity index (χ1v) is 6.81. The van der Waals surface area contributed by atoms with Gasteiger partial charge in [-0.1, -0.05) is 18.9 Å². The van der Waals surface area contributed by atoms with Gasteiger partial charge in [0.05, 0.1) is 11.6 Å². The van der Waals surface area contributed by atoms with Crippen LogP contribution in [-0.2, 0) is 9.59 Å². The number of carbonyl (C=O) groups excluding carboxylic acids is 2. The van der Waals surface area contributed by atoms with Crippen LogP contribution < -0.4 is 5.32 Å². The molecule has 2 amide bonds. The van der Waals surface area contributed by atoms with Crippen molar-refractivity contribution in [3.8, 4) is 6.07 Å². The van der Waals surface area contributed by atoms with E-state index in [0.29, 0.717) is 24.3 Å². The molecule has 0 unspecified atom stereocenters. The average Bonchev–Trinajstić information content (AvgIpc) is 2.75. The summed E-state index contributed by atoms with van der Waals surface area (Å²) >= 11 is 0. The van der Waals surface area contributed by atoms with Crippen molar-refractivity contribution in [1.29, 1.82) is 5.26 Å². The number of nitrogens with zero attached hydrogens (tertiary/aromatic N) is 2. The quantitative estimate of drug-likeness (QED) is 0.793. The van der Waals surface area contributed by atoms with E-state index in [0.717, 1.165) is 25.7 Å². The summed E-state index contributed by atoms with van der Waals surface area (Å²) in [5.41, 5.74) is 0.919. The average molecular weight is 271 g/mol. The van der Waals surface area contributed by atoms with Gasteiger partial charge >= 0.3 is 11.8 Å². The largest absolute Gasteiger partial charge is 0.334 e. The number of anilines is 1. The molecule has 1 aromatic rings. The minimum atomic E-state index is -0.637. The Hall–Kier alpha value is -2.35. The highest BCUT2D eigenvalue weighted by atomic mass is 16.2. The Morgan fingerprint density at radius 1 is 1.15 bits per heavy atom. The van der Waals surface area contributed by atoms with Crippen molar-refractivity contribution in [3.63, 3.8) is 0 Å². The highest BCUT2D eigenvalue weighted by Crippen LogP contribution is 2.12. The van der Waals surface area contributed by atoms with E-state index >= 15 is 0 Å². The van der Waals surface area contributed by atoms with Crippen LogP contribution in [0.15, 0.2) is 24.3 Å². The van der Waals surface area contributed by atoms with Crippen molar-refractivity contribution in [3.05, 3.63) is 29.8 Å². The van der Waals surface area contributed by atoms with Crippen molar-refractivity contribution >= 4 is 17.5 Å². The van der Waals surface area contributed by atoms with E-state index in [2.05, 4.69) is 5.32 Å². The molecule has 1 heterocycles. The summed E-state index contributed by atoms with van der Waals surface area (Å²) < 4.78 is 0. The molecule has 0 radical (unpaired) electrons. The van der Waals surface area contributed by atoms with Gasteiger partial charge in [0.2, 0.25) is 0 Å². The number of amides is 2. The molecule has 1 aliphatic rings. The van der Waals surface area contributed by atoms with E-state index in [4.69, 9.17) is 5.26 Å². The van der Waals surface area contributed by atoms with Crippen LogP contribution in [0.4, 0.5) is 5.69 Å². The summed E-state index contributed by atoms with van der Waals surface area (Å²) in [5.74, 6) is -1.13. The number of carbonyl (C=O) groups is 2. The first-order valence-electron chi connectivity index (χ1n) is 6.81. The Bertz CT molecular complexity index is 540. The lowest BCUT2D eigenvalue weighted by Crippen LogP contribution is -2.40. The number of likely N-dealkylation sites (tertiary alicyclic amines) is 1. The zero-order chi connectivity index (χ0) is 14.4. The summed E-state index contributed by atoms with van der Waals surface area (Å²) in [5, 5.41) is 11.4. The van der Waals surface area contributed by atoms with E-state index in [1.165, 1.54) is 0 Å². The van der Waals surface area contributed by atoms with Gasteiger partial charge in [0.1, 0.15) is 0 Å². The minimum Gasteiger partial charge on any atom is -0.334 e. The zero-order valence-electron chi connectivity index (χ0n) is 11.3. The normalized spacial score (nSPS) is 15.1. The fraction of sp³-hybridized carbons (Fsp3) is 0.400. The molecule has 2 rings (SSSR count). The number of hydrogen-bond acceptors (Lipinski definition) is 3. The minimum absolute atomic E-state index is 0.449. The van der Waals surface area contributed by atoms with E-state index in [-0.39, 0.29) is 0 Å². The van der Waals surface area contributed by atoms with Crippen molar-refractivity contribution in [2.45, 2.75) is 25.7 Å². The summed E-state index contributed by atoms with van der Waals surface area (Å²) in [4.78, 5) is 25.6. The van der Waals surface area contributed by atoms with Gasteiger partial charge in [-0.15, -0.1) is 0 Å². The molecule has 104 valence electrons. The van der Waals surface area contributed by atoms with Gasteiger partial charge in [0.25, 0.3) is 0 Å². The Labute approximate surface area is 118 Å². The van der Waals surface area contributed by atoms with E-state index in [9.17, 15) is 9.59 Å². The predicted octanol–water partition coefficient (Wildman–Crippen LogP) is 1.90. The van der Waals surface area contributed by atoms with E-state index < -0.39 is 11.8 Å². The lowest BCUT2D eigenvalue weighted by molar-refractivity contribution is -0.143. The van der Waals surface area contributed by atoms with Crippen molar-refractivity contribution in [2.75, 3.05) is 18.4 Å². The second-order valence-corrected chi connectivity index (χ2v) is 4.85. The number of nitrogens with one attached hydrogen (secondary N) is 1. The van der Waals surface area contributed by atoms with Crippen LogP contribution in [0.25, 0.3) is 0 Å². The van der Waals surface area contributed by atoms with Gasteiger partial charge in [-0.3, -0.25) is 9.59 Å². The topological polar surface area (TPSA) is 73.2 Å². The molecular weight excluding hydrogens is 254 g/mol. The SMILES string of the molecule is N#Cc1cccc(NC(=O)C(=O)N2CCCCCC2)c1. The molecule has 0 spiro atoms. The van der Waals surface area contributed by atoms with Crippen LogP contribution in [0.5, 0.6) is 0 Å². The Kier molecular flexibility index (Phi) is 4.72. The fourth-order valence-corrected chi connectivity index (χ4v) is 2.27. The van der Waals surface area contributed by atoms with Crippen molar-refractivity contribution < 1.29 is 9.59 Å². The number of rotatable bonds is 1. The van der Waals surface area contributed by atoms with Crippen LogP contribution in [0, 0.1) is 11.3 Å². The Morgan fingerprint density at radius 2 is 1.85 bits per heavy atom. The smallest absolute Gasteiger partial charge is 0.313 e. The Balaban J connectivity index is 1.99. The van der Waals surface area contributed by atoms with Crippen LogP contribution in [0.1, 0.15) is 31.2 Å². The first-order chi connectivity index (χ1) is 9.70. The van der Waals surface area contributed by atoms with Gasteiger partial charge in [-0.25, -0.2) is 0 Å². The maximum atomic E-state index is 12.1. The molecule has 1 saturated heterocycles. The lowest BCUT2D eigenvalue weighted by atomic mass is 10.2. The molecular formula is C15H17N3O2. The van der Waals surface area contributed by atoms with Crippen molar-refractivity contribution in [2.24, 2.45) is 0 Å². The van der Waals surface area contributed by atoms with Crippen molar-refractivity contribution in [1.82, 2.24) is 4.90 Å². The standard InChI is InChI=1S/C15H17N3O2/c16-11-12-6-5-7-13(10-12)17-14(19)15(20)18-8-3-1-2-4-9-18/h5-7,10H,1-4,8-9H2,(H,17,19). The molecule has 1 fully saturated rings. The third-order valence-corrected chi connectivity index (χ3v) is 3.34. The fourth-order valence-electron chi connectivity index (χ4n) is 2.27. The molecule has 0 aromatic heterocycles. The lowest BCUT2D eigenvalue weighted by Gasteiger charge is -2.19. The predicted molar refractivity (Wildman–Crippen MR) is 74.8 cm³/mol. The molecule has 0 saturated carbocycles. The maximum Gasteiger partial charge on any atom is 0.313 e. The van der Waals surface area contributed by atoms with Crippen LogP contribution in [-0.4, -0.2) is 29.8 Å². The summed E-state index contributed by atoms with van der Waals surface area (Å²) in [6, 6.07) is 8.52. The monoisotopic (exact) mass is 271 g/mol. The van der Waals surface area contributed by atoms with Gasteiger partial charge in [0, 0.05) is 18.8 Å². The molecule has 1 aromatic carbocycles. The molecule has 5 heteroatoms. The van der Waals surface area contributed by atoms with E-state index in [1.54, 1.807) is 29.2 Å². The molecule has 5 nitrogen and oxygen atoms in total. The molecule has 1 N–H and O–H groups in total. The summed E-state index contributed by atoms with van der Waals surface area (Å²) in [6.45, 7) is 1.29. The molecule has 0 atom stereocenters. The van der Waals surface area contributed by atoms with Gasteiger partial charge in [-0.2, -0.15) is 5.26 Å². The molecule has 1 aliphatic heterocycles. The number of benzene rings is 1. The molecule has 20 heavy (non-hydrogen) atoms. The second kappa shape index (κ2) is 6.71. The van der Waals surface area contributed by atoms with Gasteiger partial charge < -0.3 is 10.2 Å². The van der Waals surface area contributed by atoms with Crippen LogP contribution >= 0.6 is 0 Å². The number of hydrogen-bond donors (Lipinski definition) is 1. The zero-order valence-corrected chi connectivity index (χ0v) is 11.3. The number of nitriles is 1. The summed E-state index contributed by atoms with van der Waals surface area (Å²) in [7, 11) is 0. The first kappa shape index (κ1) is 14.1. The van der Waals surface area contributed by atoms with E-state index in [1.807, 2.05) is 6.07 Å². The maximum absolute atomic E-state index is 12.1. The molecule has 0 aliphatic carbocycles. The third kappa shape index (κ3) is 3.58. The van der Waals surface area contributed by atoms with Gasteiger partial charge in [-0.05, 0) is 31.0 Å². The highest BCUT2D eigenvalue weighted by Gasteiger charge is 2.22. The Morgan fingerprint density at radius 3 is 2.50 bits per heavy atom. The highest BCUT2D eigenvalue weighted by molar-refractivity contribution is 6.39. The third-order valence-electron chi connectivity index (χ3n) is 3.34. The van der Waals surface area contributed by atoms with Crippen LogP contribution in [0.3, 0.4) is 0 Å². The van der Waals surface area contributed by atoms with Gasteiger partial charge in [0.15, 0.2) is 0 Å². The van der Waals surface area contributed by atoms with Crippen LogP contribution in [0.2, 0.25) is 0 Å². The molecule has 0 bridgehead atoms. The second-order valence-electron chi connectivity index (χ2n) is 4.85.